The summed E-state index contributed by atoms with van der Waals surface area (Å²) in [5, 5.41) is 0. The van der Waals surface area contributed by atoms with Gasteiger partial charge in [-0.05, 0) is 54.5 Å². The molecule has 4 heteroatoms. The van der Waals surface area contributed by atoms with Gasteiger partial charge in [0.1, 0.15) is 0 Å². The Morgan fingerprint density at radius 1 is 1.17 bits per heavy atom. The molecule has 0 aliphatic carbocycles. The van der Waals surface area contributed by atoms with Crippen LogP contribution in [0.2, 0.25) is 0 Å². The molecule has 23 heavy (non-hydrogen) atoms. The van der Waals surface area contributed by atoms with Crippen LogP contribution in [0.15, 0.2) is 53.7 Å². The van der Waals surface area contributed by atoms with E-state index < -0.39 is 0 Å². The van der Waals surface area contributed by atoms with E-state index in [9.17, 15) is 0 Å². The van der Waals surface area contributed by atoms with Crippen LogP contribution in [0.25, 0.3) is 0 Å². The molecule has 3 rings (SSSR count). The Morgan fingerprint density at radius 3 is 2.74 bits per heavy atom. The van der Waals surface area contributed by atoms with Gasteiger partial charge in [0, 0.05) is 43.5 Å². The van der Waals surface area contributed by atoms with Crippen LogP contribution < -0.4 is 0 Å². The first kappa shape index (κ1) is 16.5. The van der Waals surface area contributed by atoms with Crippen molar-refractivity contribution in [1.29, 1.82) is 0 Å². The summed E-state index contributed by atoms with van der Waals surface area (Å²) in [6, 6.07) is 13.0. The molecular weight excluding hydrogens is 304 g/mol. The molecule has 1 fully saturated rings. The summed E-state index contributed by atoms with van der Waals surface area (Å²) in [6.45, 7) is 3.80. The molecule has 1 aromatic carbocycles. The Hall–Kier alpha value is -1.36. The SMILES string of the molecule is CSc1cccc(CN(Cc2ccncc2)CC2CCCO2)c1. The van der Waals surface area contributed by atoms with Gasteiger partial charge in [-0.2, -0.15) is 0 Å². The van der Waals surface area contributed by atoms with Crippen molar-refractivity contribution in [3.05, 3.63) is 59.9 Å². The average molecular weight is 328 g/mol. The van der Waals surface area contributed by atoms with Gasteiger partial charge in [0.25, 0.3) is 0 Å². The molecule has 1 aromatic heterocycles. The monoisotopic (exact) mass is 328 g/mol. The minimum absolute atomic E-state index is 0.376. The van der Waals surface area contributed by atoms with E-state index in [1.54, 1.807) is 11.8 Å². The minimum Gasteiger partial charge on any atom is -0.377 e. The van der Waals surface area contributed by atoms with Crippen LogP contribution in [-0.2, 0) is 17.8 Å². The molecule has 1 saturated heterocycles. The van der Waals surface area contributed by atoms with Gasteiger partial charge in [-0.1, -0.05) is 12.1 Å². The van der Waals surface area contributed by atoms with E-state index in [0.717, 1.165) is 26.2 Å². The van der Waals surface area contributed by atoms with Gasteiger partial charge < -0.3 is 4.74 Å². The van der Waals surface area contributed by atoms with Crippen LogP contribution in [-0.4, -0.2) is 35.4 Å². The summed E-state index contributed by atoms with van der Waals surface area (Å²) < 4.78 is 5.85. The maximum Gasteiger partial charge on any atom is 0.0703 e. The molecule has 1 unspecified atom stereocenters. The molecule has 2 aromatic rings. The van der Waals surface area contributed by atoms with Crippen molar-refractivity contribution in [1.82, 2.24) is 9.88 Å². The molecule has 0 spiro atoms. The van der Waals surface area contributed by atoms with Crippen LogP contribution in [0.1, 0.15) is 24.0 Å². The van der Waals surface area contributed by atoms with Crippen molar-refractivity contribution in [2.45, 2.75) is 36.9 Å². The quantitative estimate of drug-likeness (QED) is 0.718. The number of aromatic nitrogens is 1. The number of thioether (sulfide) groups is 1. The number of rotatable bonds is 7. The number of nitrogens with zero attached hydrogens (tertiary/aromatic N) is 2. The topological polar surface area (TPSA) is 25.4 Å². The molecule has 1 aliphatic rings. The second-order valence-corrected chi connectivity index (χ2v) is 6.89. The van der Waals surface area contributed by atoms with Gasteiger partial charge in [-0.25, -0.2) is 0 Å². The lowest BCUT2D eigenvalue weighted by molar-refractivity contribution is 0.0679. The highest BCUT2D eigenvalue weighted by Crippen LogP contribution is 2.20. The number of hydrogen-bond donors (Lipinski definition) is 0. The average Bonchev–Trinajstić information content (AvgIpc) is 3.09. The van der Waals surface area contributed by atoms with Gasteiger partial charge >= 0.3 is 0 Å². The molecule has 1 atom stereocenters. The van der Waals surface area contributed by atoms with E-state index in [4.69, 9.17) is 4.74 Å². The van der Waals surface area contributed by atoms with Gasteiger partial charge in [0.05, 0.1) is 6.10 Å². The molecule has 3 nitrogen and oxygen atoms in total. The fourth-order valence-electron chi connectivity index (χ4n) is 3.04. The third-order valence-corrected chi connectivity index (χ3v) is 4.91. The second kappa shape index (κ2) is 8.48. The fourth-order valence-corrected chi connectivity index (χ4v) is 3.52. The van der Waals surface area contributed by atoms with E-state index in [0.29, 0.717) is 6.10 Å². The highest BCUT2D eigenvalue weighted by Gasteiger charge is 2.19. The zero-order valence-corrected chi connectivity index (χ0v) is 14.5. The fraction of sp³-hybridized carbons (Fsp3) is 0.421. The zero-order chi connectivity index (χ0) is 15.9. The maximum atomic E-state index is 5.85. The number of hydrogen-bond acceptors (Lipinski definition) is 4. The predicted molar refractivity (Wildman–Crippen MR) is 95.5 cm³/mol. The molecule has 2 heterocycles. The van der Waals surface area contributed by atoms with E-state index >= 15 is 0 Å². The summed E-state index contributed by atoms with van der Waals surface area (Å²) in [6.07, 6.45) is 8.61. The van der Waals surface area contributed by atoms with Crippen molar-refractivity contribution >= 4 is 11.8 Å². The Morgan fingerprint density at radius 2 is 2.00 bits per heavy atom. The van der Waals surface area contributed by atoms with Crippen molar-refractivity contribution < 1.29 is 4.74 Å². The normalized spacial score (nSPS) is 17.7. The minimum atomic E-state index is 0.376. The largest absolute Gasteiger partial charge is 0.377 e. The first-order chi connectivity index (χ1) is 11.3. The molecular formula is C19H24N2OS. The van der Waals surface area contributed by atoms with Crippen LogP contribution in [0.4, 0.5) is 0 Å². The van der Waals surface area contributed by atoms with Crippen LogP contribution >= 0.6 is 11.8 Å². The zero-order valence-electron chi connectivity index (χ0n) is 13.6. The second-order valence-electron chi connectivity index (χ2n) is 6.01. The lowest BCUT2D eigenvalue weighted by Gasteiger charge is -2.25. The van der Waals surface area contributed by atoms with Crippen LogP contribution in [0.5, 0.6) is 0 Å². The van der Waals surface area contributed by atoms with Gasteiger partial charge in [0.15, 0.2) is 0 Å². The van der Waals surface area contributed by atoms with Gasteiger partial charge in [-0.3, -0.25) is 9.88 Å². The predicted octanol–water partition coefficient (Wildman–Crippen LogP) is 3.98. The van der Waals surface area contributed by atoms with E-state index in [1.165, 1.54) is 28.9 Å². The summed E-state index contributed by atoms with van der Waals surface area (Å²) in [7, 11) is 0. The number of pyridine rings is 1. The molecule has 1 aliphatic heterocycles. The molecule has 0 amide bonds. The molecule has 0 radical (unpaired) electrons. The molecule has 0 N–H and O–H groups in total. The maximum absolute atomic E-state index is 5.85. The lowest BCUT2D eigenvalue weighted by Crippen LogP contribution is -2.31. The Bertz CT molecular complexity index is 599. The van der Waals surface area contributed by atoms with Gasteiger partial charge in [-0.15, -0.1) is 11.8 Å². The van der Waals surface area contributed by atoms with Crippen molar-refractivity contribution in [2.75, 3.05) is 19.4 Å². The van der Waals surface area contributed by atoms with E-state index in [-0.39, 0.29) is 0 Å². The summed E-state index contributed by atoms with van der Waals surface area (Å²) >= 11 is 1.80. The molecule has 0 saturated carbocycles. The Kier molecular flexibility index (Phi) is 6.08. The first-order valence-corrected chi connectivity index (χ1v) is 9.42. The van der Waals surface area contributed by atoms with Crippen molar-refractivity contribution in [3.8, 4) is 0 Å². The van der Waals surface area contributed by atoms with Crippen LogP contribution in [0.3, 0.4) is 0 Å². The van der Waals surface area contributed by atoms with Crippen molar-refractivity contribution in [3.63, 3.8) is 0 Å². The van der Waals surface area contributed by atoms with E-state index in [2.05, 4.69) is 52.5 Å². The van der Waals surface area contributed by atoms with Crippen molar-refractivity contribution in [2.24, 2.45) is 0 Å². The molecule has 122 valence electrons. The standard InChI is InChI=1S/C19H24N2OS/c1-23-19-6-2-4-17(12-19)14-21(15-18-5-3-11-22-18)13-16-7-9-20-10-8-16/h2,4,6-10,12,18H,3,5,11,13-15H2,1H3. The smallest absolute Gasteiger partial charge is 0.0703 e. The number of benzene rings is 1. The highest BCUT2D eigenvalue weighted by molar-refractivity contribution is 7.98. The third-order valence-electron chi connectivity index (χ3n) is 4.18. The van der Waals surface area contributed by atoms with E-state index in [1.807, 2.05) is 12.4 Å². The summed E-state index contributed by atoms with van der Waals surface area (Å²) in [5.74, 6) is 0. The Balaban J connectivity index is 1.70. The lowest BCUT2D eigenvalue weighted by atomic mass is 10.1. The molecule has 0 bridgehead atoms. The number of ether oxygens (including phenoxy) is 1. The summed E-state index contributed by atoms with van der Waals surface area (Å²) in [5.41, 5.74) is 2.67. The van der Waals surface area contributed by atoms with Gasteiger partial charge in [0.2, 0.25) is 0 Å². The first-order valence-electron chi connectivity index (χ1n) is 8.19. The highest BCUT2D eigenvalue weighted by atomic mass is 32.2. The third kappa shape index (κ3) is 5.06. The van der Waals surface area contributed by atoms with Crippen LogP contribution in [0, 0.1) is 0 Å². The Labute approximate surface area is 143 Å². The summed E-state index contributed by atoms with van der Waals surface area (Å²) in [4.78, 5) is 7.93.